The number of allylic oxidation sites excluding steroid dienone is 1. The van der Waals surface area contributed by atoms with Crippen molar-refractivity contribution in [1.82, 2.24) is 0 Å². The molecule has 4 aliphatic rings. The Labute approximate surface area is 219 Å². The molecule has 0 amide bonds. The number of hydrogen-bond donors (Lipinski definition) is 2. The van der Waals surface area contributed by atoms with Gasteiger partial charge >= 0.3 is 0 Å². The Balaban J connectivity index is 1.26. The normalized spacial score (nSPS) is 41.3. The van der Waals surface area contributed by atoms with Gasteiger partial charge in [0.2, 0.25) is 0 Å². The van der Waals surface area contributed by atoms with Crippen LogP contribution in [0.25, 0.3) is 0 Å². The highest BCUT2D eigenvalue weighted by Gasteiger charge is 2.59. The minimum atomic E-state index is -0.475. The Morgan fingerprint density at radius 2 is 1.78 bits per heavy atom. The van der Waals surface area contributed by atoms with Crippen LogP contribution in [-0.2, 0) is 0 Å². The lowest BCUT2D eigenvalue weighted by molar-refractivity contribution is -0.0757. The number of benzene rings is 1. The van der Waals surface area contributed by atoms with Crippen LogP contribution in [-0.4, -0.2) is 15.8 Å². The quantitative estimate of drug-likeness (QED) is 0.402. The Morgan fingerprint density at radius 1 is 1.03 bits per heavy atom. The zero-order chi connectivity index (χ0) is 25.7. The van der Waals surface area contributed by atoms with Gasteiger partial charge in [0.15, 0.2) is 0 Å². The van der Waals surface area contributed by atoms with Crippen molar-refractivity contribution in [3.05, 3.63) is 47.0 Å². The van der Waals surface area contributed by atoms with Crippen molar-refractivity contribution < 1.29 is 10.2 Å². The summed E-state index contributed by atoms with van der Waals surface area (Å²) in [6, 6.07) is 9.58. The molecular formula is C33H47NO2. The first kappa shape index (κ1) is 26.0. The summed E-state index contributed by atoms with van der Waals surface area (Å²) in [7, 11) is 0. The lowest BCUT2D eigenvalue weighted by atomic mass is 9.46. The SMILES string of the molecule is CC[C@]1(O)CC[C@@]2(C)C(=CC[C@H]3[C@@H]4CC[C@H]([C@H](C)CCC(O)c5ccc(C#N)cc5)[C@@]4(C)CC[C@@H]32)C1. The van der Waals surface area contributed by atoms with Gasteiger partial charge in [0, 0.05) is 0 Å². The Bertz CT molecular complexity index is 1020. The van der Waals surface area contributed by atoms with Crippen LogP contribution in [0.3, 0.4) is 0 Å². The van der Waals surface area contributed by atoms with Gasteiger partial charge in [0.1, 0.15) is 0 Å². The molecule has 5 rings (SSSR count). The lowest BCUT2D eigenvalue weighted by Gasteiger charge is -2.59. The average Bonchev–Trinajstić information content (AvgIpc) is 3.25. The second kappa shape index (κ2) is 9.59. The summed E-state index contributed by atoms with van der Waals surface area (Å²) in [6.45, 7) is 9.72. The predicted molar refractivity (Wildman–Crippen MR) is 145 cm³/mol. The second-order valence-electron chi connectivity index (χ2n) is 13.5. The van der Waals surface area contributed by atoms with E-state index in [1.54, 1.807) is 5.57 Å². The van der Waals surface area contributed by atoms with Gasteiger partial charge in [-0.25, -0.2) is 0 Å². The van der Waals surface area contributed by atoms with Crippen molar-refractivity contribution in [1.29, 1.82) is 5.26 Å². The van der Waals surface area contributed by atoms with Gasteiger partial charge in [-0.3, -0.25) is 0 Å². The molecule has 9 atom stereocenters. The number of rotatable bonds is 6. The van der Waals surface area contributed by atoms with Gasteiger partial charge in [-0.15, -0.1) is 0 Å². The molecule has 0 radical (unpaired) electrons. The van der Waals surface area contributed by atoms with E-state index < -0.39 is 11.7 Å². The molecule has 0 bridgehead atoms. The van der Waals surface area contributed by atoms with Crippen molar-refractivity contribution in [2.45, 2.75) is 110 Å². The van der Waals surface area contributed by atoms with Gasteiger partial charge in [0.05, 0.1) is 23.3 Å². The zero-order valence-corrected chi connectivity index (χ0v) is 23.0. The largest absolute Gasteiger partial charge is 0.390 e. The first-order chi connectivity index (χ1) is 17.1. The van der Waals surface area contributed by atoms with Crippen molar-refractivity contribution in [2.24, 2.45) is 40.4 Å². The minimum absolute atomic E-state index is 0.292. The maximum Gasteiger partial charge on any atom is 0.0991 e. The summed E-state index contributed by atoms with van der Waals surface area (Å²) in [4.78, 5) is 0. The van der Waals surface area contributed by atoms with E-state index in [0.717, 1.165) is 67.8 Å². The highest BCUT2D eigenvalue weighted by molar-refractivity contribution is 5.32. The summed E-state index contributed by atoms with van der Waals surface area (Å²) in [5, 5.41) is 30.9. The van der Waals surface area contributed by atoms with Crippen LogP contribution < -0.4 is 0 Å². The first-order valence-corrected chi connectivity index (χ1v) is 14.7. The van der Waals surface area contributed by atoms with Crippen molar-refractivity contribution in [2.75, 3.05) is 0 Å². The third-order valence-electron chi connectivity index (χ3n) is 12.0. The third kappa shape index (κ3) is 4.27. The van der Waals surface area contributed by atoms with E-state index in [4.69, 9.17) is 5.26 Å². The highest BCUT2D eigenvalue weighted by Crippen LogP contribution is 2.67. The molecule has 0 saturated heterocycles. The summed E-state index contributed by atoms with van der Waals surface area (Å²) in [5.41, 5.74) is 3.38. The summed E-state index contributed by atoms with van der Waals surface area (Å²) < 4.78 is 0. The molecule has 2 N–H and O–H groups in total. The third-order valence-corrected chi connectivity index (χ3v) is 12.0. The summed E-state index contributed by atoms with van der Waals surface area (Å²) in [6.07, 6.45) is 14.4. The molecule has 0 aliphatic heterocycles. The smallest absolute Gasteiger partial charge is 0.0991 e. The number of nitrogens with zero attached hydrogens (tertiary/aromatic N) is 1. The Kier molecular flexibility index (Phi) is 6.93. The van der Waals surface area contributed by atoms with E-state index in [9.17, 15) is 10.2 Å². The number of aliphatic hydroxyl groups is 2. The van der Waals surface area contributed by atoms with Gasteiger partial charge in [-0.2, -0.15) is 5.26 Å². The second-order valence-corrected chi connectivity index (χ2v) is 13.5. The summed E-state index contributed by atoms with van der Waals surface area (Å²) >= 11 is 0. The van der Waals surface area contributed by atoms with E-state index in [2.05, 4.69) is 39.8 Å². The van der Waals surface area contributed by atoms with E-state index in [1.807, 2.05) is 24.3 Å². The fourth-order valence-electron chi connectivity index (χ4n) is 9.56. The Morgan fingerprint density at radius 3 is 2.47 bits per heavy atom. The number of hydrogen-bond acceptors (Lipinski definition) is 3. The zero-order valence-electron chi connectivity index (χ0n) is 23.0. The first-order valence-electron chi connectivity index (χ1n) is 14.7. The molecular weight excluding hydrogens is 442 g/mol. The molecule has 3 fully saturated rings. The predicted octanol–water partition coefficient (Wildman–Crippen LogP) is 7.73. The van der Waals surface area contributed by atoms with Crippen LogP contribution in [0, 0.1) is 51.8 Å². The Hall–Kier alpha value is -1.63. The van der Waals surface area contributed by atoms with Crippen LogP contribution in [0.15, 0.2) is 35.9 Å². The molecule has 4 aliphatic carbocycles. The maximum atomic E-state index is 11.0. The van der Waals surface area contributed by atoms with Gasteiger partial charge in [0.25, 0.3) is 0 Å². The molecule has 3 heteroatoms. The number of nitriles is 1. The molecule has 0 aromatic heterocycles. The molecule has 1 unspecified atom stereocenters. The fraction of sp³-hybridized carbons (Fsp3) is 0.727. The van der Waals surface area contributed by atoms with Crippen LogP contribution in [0.2, 0.25) is 0 Å². The highest BCUT2D eigenvalue weighted by atomic mass is 16.3. The van der Waals surface area contributed by atoms with Crippen molar-refractivity contribution in [3.8, 4) is 6.07 Å². The lowest BCUT2D eigenvalue weighted by Crippen LogP contribution is -2.52. The molecule has 3 saturated carbocycles. The van der Waals surface area contributed by atoms with Crippen molar-refractivity contribution >= 4 is 0 Å². The molecule has 1 aromatic rings. The molecule has 36 heavy (non-hydrogen) atoms. The minimum Gasteiger partial charge on any atom is -0.390 e. The monoisotopic (exact) mass is 489 g/mol. The van der Waals surface area contributed by atoms with Gasteiger partial charge in [-0.1, -0.05) is 51.5 Å². The molecule has 0 spiro atoms. The van der Waals surface area contributed by atoms with Crippen LogP contribution in [0.4, 0.5) is 0 Å². The standard InChI is InChI=1S/C33H47NO2/c1-5-33(36)19-18-31(3)25(20-33)11-12-26-28-14-13-27(32(28,4)17-16-29(26)31)22(2)6-15-30(35)24-9-7-23(21-34)8-10-24/h7-11,22,26-30,35-36H,5-6,12-20H2,1-4H3/t22-,26+,27-,28+,29+,30?,31+,32-,33+/m1/s1. The van der Waals surface area contributed by atoms with Gasteiger partial charge in [-0.05, 0) is 129 Å². The fourth-order valence-corrected chi connectivity index (χ4v) is 9.56. The van der Waals surface area contributed by atoms with Crippen LogP contribution >= 0.6 is 0 Å². The van der Waals surface area contributed by atoms with E-state index in [1.165, 1.54) is 32.1 Å². The topological polar surface area (TPSA) is 64.2 Å². The molecule has 1 aromatic carbocycles. The van der Waals surface area contributed by atoms with E-state index >= 15 is 0 Å². The average molecular weight is 490 g/mol. The number of fused-ring (bicyclic) bond motifs is 5. The summed E-state index contributed by atoms with van der Waals surface area (Å²) in [5.74, 6) is 3.75. The van der Waals surface area contributed by atoms with Crippen LogP contribution in [0.5, 0.6) is 0 Å². The van der Waals surface area contributed by atoms with Crippen molar-refractivity contribution in [3.63, 3.8) is 0 Å². The van der Waals surface area contributed by atoms with Gasteiger partial charge < -0.3 is 10.2 Å². The molecule has 3 nitrogen and oxygen atoms in total. The van der Waals surface area contributed by atoms with E-state index in [0.29, 0.717) is 22.3 Å². The van der Waals surface area contributed by atoms with Crippen LogP contribution in [0.1, 0.15) is 116 Å². The van der Waals surface area contributed by atoms with E-state index in [-0.39, 0.29) is 0 Å². The molecule has 0 heterocycles. The maximum absolute atomic E-state index is 11.0. The number of aliphatic hydroxyl groups excluding tert-OH is 1. The molecule has 196 valence electrons.